The van der Waals surface area contributed by atoms with Crippen molar-refractivity contribution in [3.63, 3.8) is 0 Å². The molecule has 1 amide bonds. The molecule has 2 rings (SSSR count). The van der Waals surface area contributed by atoms with E-state index >= 15 is 0 Å². The Kier molecular flexibility index (Phi) is 3.29. The van der Waals surface area contributed by atoms with Crippen molar-refractivity contribution in [1.29, 1.82) is 0 Å². The number of hydrogen-bond acceptors (Lipinski definition) is 2. The number of amides is 1. The predicted molar refractivity (Wildman–Crippen MR) is 60.3 cm³/mol. The standard InChI is InChI=1S/C12H20N2O/c1-10(15)13-11-4-6-12(7-5-11)14-8-2-3-9-14/h6,11H,2-5,7-9H2,1H3,(H,13,15)/t11-/m0/s1. The van der Waals surface area contributed by atoms with Gasteiger partial charge in [0.2, 0.25) is 5.91 Å². The number of hydrogen-bond donors (Lipinski definition) is 1. The number of carbonyl (C=O) groups excluding carboxylic acids is 1. The summed E-state index contributed by atoms with van der Waals surface area (Å²) in [6.45, 7) is 4.06. The lowest BCUT2D eigenvalue weighted by Gasteiger charge is -2.28. The van der Waals surface area contributed by atoms with Gasteiger partial charge >= 0.3 is 0 Å². The van der Waals surface area contributed by atoms with Crippen LogP contribution in [0, 0.1) is 0 Å². The van der Waals surface area contributed by atoms with Gasteiger partial charge in [-0.3, -0.25) is 4.79 Å². The number of likely N-dealkylation sites (tertiary alicyclic amines) is 1. The zero-order chi connectivity index (χ0) is 10.7. The molecule has 3 nitrogen and oxygen atoms in total. The third kappa shape index (κ3) is 2.74. The first-order chi connectivity index (χ1) is 7.25. The first kappa shape index (κ1) is 10.5. The second-order valence-electron chi connectivity index (χ2n) is 4.56. The van der Waals surface area contributed by atoms with Crippen LogP contribution in [0.5, 0.6) is 0 Å². The summed E-state index contributed by atoms with van der Waals surface area (Å²) in [4.78, 5) is 13.4. The number of nitrogens with one attached hydrogen (secondary N) is 1. The third-order valence-electron chi connectivity index (χ3n) is 3.31. The van der Waals surface area contributed by atoms with Crippen molar-refractivity contribution in [2.75, 3.05) is 13.1 Å². The molecule has 0 aromatic carbocycles. The average molecular weight is 208 g/mol. The molecule has 0 saturated carbocycles. The Morgan fingerprint density at radius 1 is 1.47 bits per heavy atom. The maximum Gasteiger partial charge on any atom is 0.217 e. The lowest BCUT2D eigenvalue weighted by molar-refractivity contribution is -0.119. The normalized spacial score (nSPS) is 26.3. The number of allylic oxidation sites excluding steroid dienone is 1. The van der Waals surface area contributed by atoms with E-state index < -0.39 is 0 Å². The molecule has 0 radical (unpaired) electrons. The molecule has 3 heteroatoms. The second-order valence-corrected chi connectivity index (χ2v) is 4.56. The van der Waals surface area contributed by atoms with Crippen LogP contribution in [0.3, 0.4) is 0 Å². The van der Waals surface area contributed by atoms with Gasteiger partial charge in [-0.1, -0.05) is 6.08 Å². The summed E-state index contributed by atoms with van der Waals surface area (Å²) in [5.41, 5.74) is 1.51. The second kappa shape index (κ2) is 4.69. The zero-order valence-electron chi connectivity index (χ0n) is 9.46. The summed E-state index contributed by atoms with van der Waals surface area (Å²) in [6.07, 6.45) is 8.23. The fraction of sp³-hybridized carbons (Fsp3) is 0.750. The molecule has 0 aromatic rings. The highest BCUT2D eigenvalue weighted by Gasteiger charge is 2.20. The quantitative estimate of drug-likeness (QED) is 0.748. The Bertz CT molecular complexity index is 267. The molecule has 84 valence electrons. The zero-order valence-corrected chi connectivity index (χ0v) is 9.46. The van der Waals surface area contributed by atoms with Crippen LogP contribution in [0.1, 0.15) is 39.0 Å². The molecular weight excluding hydrogens is 188 g/mol. The number of rotatable bonds is 2. The maximum absolute atomic E-state index is 10.9. The summed E-state index contributed by atoms with van der Waals surface area (Å²) in [5.74, 6) is 0.0954. The van der Waals surface area contributed by atoms with Crippen LogP contribution in [-0.4, -0.2) is 29.9 Å². The van der Waals surface area contributed by atoms with Crippen molar-refractivity contribution < 1.29 is 4.79 Å². The van der Waals surface area contributed by atoms with Crippen LogP contribution < -0.4 is 5.32 Å². The van der Waals surface area contributed by atoms with Crippen molar-refractivity contribution >= 4 is 5.91 Å². The minimum Gasteiger partial charge on any atom is -0.375 e. The highest BCUT2D eigenvalue weighted by molar-refractivity contribution is 5.73. The van der Waals surface area contributed by atoms with E-state index in [9.17, 15) is 4.79 Å². The molecule has 0 bridgehead atoms. The van der Waals surface area contributed by atoms with E-state index in [1.807, 2.05) is 0 Å². The summed E-state index contributed by atoms with van der Waals surface area (Å²) < 4.78 is 0. The molecule has 1 fully saturated rings. The first-order valence-electron chi connectivity index (χ1n) is 5.97. The van der Waals surface area contributed by atoms with Gasteiger partial charge in [0, 0.05) is 31.8 Å². The van der Waals surface area contributed by atoms with Crippen molar-refractivity contribution in [3.05, 3.63) is 11.8 Å². The molecule has 2 aliphatic rings. The molecule has 0 spiro atoms. The first-order valence-corrected chi connectivity index (χ1v) is 5.97. The molecule has 1 saturated heterocycles. The van der Waals surface area contributed by atoms with Gasteiger partial charge in [0.1, 0.15) is 0 Å². The van der Waals surface area contributed by atoms with E-state index in [1.165, 1.54) is 31.6 Å². The molecule has 1 atom stereocenters. The van der Waals surface area contributed by atoms with Crippen LogP contribution in [0.4, 0.5) is 0 Å². The minimum atomic E-state index is 0.0954. The largest absolute Gasteiger partial charge is 0.375 e. The van der Waals surface area contributed by atoms with Crippen LogP contribution in [0.15, 0.2) is 11.8 Å². The molecule has 1 heterocycles. The Hall–Kier alpha value is -0.990. The smallest absolute Gasteiger partial charge is 0.217 e. The number of nitrogens with zero attached hydrogens (tertiary/aromatic N) is 1. The molecule has 15 heavy (non-hydrogen) atoms. The number of carbonyl (C=O) groups is 1. The van der Waals surface area contributed by atoms with Gasteiger partial charge in [0.15, 0.2) is 0 Å². The van der Waals surface area contributed by atoms with Gasteiger partial charge in [-0.25, -0.2) is 0 Å². The monoisotopic (exact) mass is 208 g/mol. The fourth-order valence-electron chi connectivity index (χ4n) is 2.53. The van der Waals surface area contributed by atoms with Crippen molar-refractivity contribution in [2.24, 2.45) is 0 Å². The van der Waals surface area contributed by atoms with Crippen molar-refractivity contribution in [2.45, 2.75) is 45.1 Å². The van der Waals surface area contributed by atoms with Gasteiger partial charge in [0.05, 0.1) is 0 Å². The highest BCUT2D eigenvalue weighted by Crippen LogP contribution is 2.24. The van der Waals surface area contributed by atoms with Crippen molar-refractivity contribution in [1.82, 2.24) is 10.2 Å². The Morgan fingerprint density at radius 3 is 2.73 bits per heavy atom. The van der Waals surface area contributed by atoms with Gasteiger partial charge < -0.3 is 10.2 Å². The molecule has 0 unspecified atom stereocenters. The fourth-order valence-corrected chi connectivity index (χ4v) is 2.53. The van der Waals surface area contributed by atoms with Crippen LogP contribution in [0.2, 0.25) is 0 Å². The highest BCUT2D eigenvalue weighted by atomic mass is 16.1. The van der Waals surface area contributed by atoms with Gasteiger partial charge in [-0.15, -0.1) is 0 Å². The topological polar surface area (TPSA) is 32.3 Å². The van der Waals surface area contributed by atoms with E-state index in [-0.39, 0.29) is 5.91 Å². The van der Waals surface area contributed by atoms with E-state index in [4.69, 9.17) is 0 Å². The van der Waals surface area contributed by atoms with Crippen LogP contribution in [-0.2, 0) is 4.79 Å². The van der Waals surface area contributed by atoms with E-state index in [0.717, 1.165) is 19.3 Å². The van der Waals surface area contributed by atoms with Gasteiger partial charge in [-0.05, 0) is 32.1 Å². The van der Waals surface area contributed by atoms with Gasteiger partial charge in [0.25, 0.3) is 0 Å². The van der Waals surface area contributed by atoms with E-state index in [2.05, 4.69) is 16.3 Å². The SMILES string of the molecule is CC(=O)N[C@H]1CC=C(N2CCCC2)CC1. The van der Waals surface area contributed by atoms with E-state index in [1.54, 1.807) is 6.92 Å². The lowest BCUT2D eigenvalue weighted by atomic mass is 9.98. The third-order valence-corrected chi connectivity index (χ3v) is 3.31. The van der Waals surface area contributed by atoms with Crippen molar-refractivity contribution in [3.8, 4) is 0 Å². The summed E-state index contributed by atoms with van der Waals surface area (Å²) in [6, 6.07) is 0.369. The predicted octanol–water partition coefficient (Wildman–Crippen LogP) is 1.65. The Balaban J connectivity index is 1.85. The summed E-state index contributed by atoms with van der Waals surface area (Å²) in [7, 11) is 0. The van der Waals surface area contributed by atoms with E-state index in [0.29, 0.717) is 6.04 Å². The molecule has 0 aromatic heterocycles. The molecular formula is C12H20N2O. The Labute approximate surface area is 91.5 Å². The van der Waals surface area contributed by atoms with Crippen LogP contribution in [0.25, 0.3) is 0 Å². The molecule has 1 aliphatic heterocycles. The van der Waals surface area contributed by atoms with Gasteiger partial charge in [-0.2, -0.15) is 0 Å². The Morgan fingerprint density at radius 2 is 2.20 bits per heavy atom. The minimum absolute atomic E-state index is 0.0954. The lowest BCUT2D eigenvalue weighted by Crippen LogP contribution is -2.35. The molecule has 1 N–H and O–H groups in total. The summed E-state index contributed by atoms with van der Waals surface area (Å²) in [5, 5.41) is 2.99. The van der Waals surface area contributed by atoms with Crippen LogP contribution >= 0.6 is 0 Å². The maximum atomic E-state index is 10.9. The summed E-state index contributed by atoms with van der Waals surface area (Å²) >= 11 is 0. The average Bonchev–Trinajstić information content (AvgIpc) is 2.71. The molecule has 1 aliphatic carbocycles.